The highest BCUT2D eigenvalue weighted by Crippen LogP contribution is 2.11. The zero-order valence-corrected chi connectivity index (χ0v) is 10.3. The molecule has 6 heteroatoms. The molecule has 94 valence electrons. The van der Waals surface area contributed by atoms with Crippen LogP contribution in [0.3, 0.4) is 0 Å². The van der Waals surface area contributed by atoms with Crippen molar-refractivity contribution in [2.45, 2.75) is 0 Å². The quantitative estimate of drug-likeness (QED) is 0.893. The van der Waals surface area contributed by atoms with Crippen LogP contribution < -0.4 is 5.32 Å². The second-order valence-electron chi connectivity index (χ2n) is 3.86. The summed E-state index contributed by atoms with van der Waals surface area (Å²) in [6.07, 6.45) is 1.02. The van der Waals surface area contributed by atoms with Crippen LogP contribution in [-0.4, -0.2) is 47.6 Å². The number of anilines is 1. The van der Waals surface area contributed by atoms with Crippen LogP contribution in [0.4, 0.5) is 14.6 Å². The largest absolute Gasteiger partial charge is 0.366 e. The van der Waals surface area contributed by atoms with E-state index in [1.807, 2.05) is 11.8 Å². The number of pyridine rings is 1. The molecule has 1 fully saturated rings. The summed E-state index contributed by atoms with van der Waals surface area (Å²) in [5.74, 6) is 1.14. The van der Waals surface area contributed by atoms with Crippen molar-refractivity contribution in [2.75, 3.05) is 43.0 Å². The van der Waals surface area contributed by atoms with Crippen LogP contribution in [0.5, 0.6) is 0 Å². The lowest BCUT2D eigenvalue weighted by Gasteiger charge is -2.26. The van der Waals surface area contributed by atoms with Crippen molar-refractivity contribution < 1.29 is 8.78 Å². The highest BCUT2D eigenvalue weighted by Gasteiger charge is 2.10. The van der Waals surface area contributed by atoms with Crippen LogP contribution in [0.2, 0.25) is 0 Å². The van der Waals surface area contributed by atoms with E-state index in [0.717, 1.165) is 43.4 Å². The van der Waals surface area contributed by atoms with Gasteiger partial charge in [-0.2, -0.15) is 11.8 Å². The first-order chi connectivity index (χ1) is 8.25. The first kappa shape index (κ1) is 12.6. The monoisotopic (exact) mass is 259 g/mol. The van der Waals surface area contributed by atoms with Gasteiger partial charge in [-0.25, -0.2) is 13.8 Å². The van der Waals surface area contributed by atoms with E-state index >= 15 is 0 Å². The first-order valence-electron chi connectivity index (χ1n) is 5.61. The van der Waals surface area contributed by atoms with Gasteiger partial charge in [0, 0.05) is 43.8 Å². The molecule has 1 N–H and O–H groups in total. The molecule has 1 aliphatic rings. The lowest BCUT2D eigenvalue weighted by atomic mass is 10.4. The number of nitrogens with zero attached hydrogens (tertiary/aromatic N) is 2. The van der Waals surface area contributed by atoms with Crippen LogP contribution in [0.25, 0.3) is 0 Å². The summed E-state index contributed by atoms with van der Waals surface area (Å²) in [6.45, 7) is 3.64. The Bertz CT molecular complexity index is 370. The summed E-state index contributed by atoms with van der Waals surface area (Å²) in [5, 5.41) is 2.89. The van der Waals surface area contributed by atoms with Gasteiger partial charge in [0.05, 0.1) is 6.20 Å². The maximum atomic E-state index is 13.2. The molecule has 1 aliphatic heterocycles. The third kappa shape index (κ3) is 3.81. The molecule has 1 aromatic heterocycles. The van der Waals surface area contributed by atoms with Crippen molar-refractivity contribution in [3.05, 3.63) is 23.9 Å². The van der Waals surface area contributed by atoms with Crippen LogP contribution in [0, 0.1) is 11.6 Å². The van der Waals surface area contributed by atoms with Crippen molar-refractivity contribution in [2.24, 2.45) is 0 Å². The Morgan fingerprint density at radius 3 is 2.82 bits per heavy atom. The number of hydrogen-bond donors (Lipinski definition) is 1. The predicted molar refractivity (Wildman–Crippen MR) is 66.4 cm³/mol. The van der Waals surface area contributed by atoms with Gasteiger partial charge in [0.15, 0.2) is 11.6 Å². The second-order valence-corrected chi connectivity index (χ2v) is 5.09. The fourth-order valence-electron chi connectivity index (χ4n) is 1.70. The minimum Gasteiger partial charge on any atom is -0.366 e. The highest BCUT2D eigenvalue weighted by atomic mass is 32.2. The second kappa shape index (κ2) is 6.16. The van der Waals surface area contributed by atoms with Crippen LogP contribution in [0.1, 0.15) is 0 Å². The van der Waals surface area contributed by atoms with Crippen molar-refractivity contribution in [3.8, 4) is 0 Å². The Kier molecular flexibility index (Phi) is 4.56. The Labute approximate surface area is 104 Å². The molecule has 0 radical (unpaired) electrons. The Morgan fingerprint density at radius 2 is 2.12 bits per heavy atom. The Hall–Kier alpha value is -0.880. The van der Waals surface area contributed by atoms with E-state index in [9.17, 15) is 8.78 Å². The Balaban J connectivity index is 1.77. The van der Waals surface area contributed by atoms with Gasteiger partial charge in [-0.15, -0.1) is 0 Å². The molecule has 0 bridgehead atoms. The molecule has 0 unspecified atom stereocenters. The summed E-state index contributed by atoms with van der Waals surface area (Å²) in [5.41, 5.74) is 0. The van der Waals surface area contributed by atoms with E-state index in [1.54, 1.807) is 0 Å². The van der Waals surface area contributed by atoms with Crippen molar-refractivity contribution in [1.29, 1.82) is 0 Å². The predicted octanol–water partition coefficient (Wildman–Crippen LogP) is 1.82. The first-order valence-corrected chi connectivity index (χ1v) is 6.76. The molecule has 0 amide bonds. The van der Waals surface area contributed by atoms with Gasteiger partial charge in [-0.05, 0) is 0 Å². The average molecular weight is 259 g/mol. The molecule has 1 aromatic rings. The molecule has 2 rings (SSSR count). The highest BCUT2D eigenvalue weighted by molar-refractivity contribution is 7.99. The summed E-state index contributed by atoms with van der Waals surface area (Å²) in [6, 6.07) is 0.840. The number of rotatable bonds is 4. The zero-order valence-electron chi connectivity index (χ0n) is 9.46. The Morgan fingerprint density at radius 1 is 1.35 bits per heavy atom. The molecule has 0 saturated carbocycles. The van der Waals surface area contributed by atoms with Crippen LogP contribution >= 0.6 is 11.8 Å². The van der Waals surface area contributed by atoms with Crippen LogP contribution in [-0.2, 0) is 0 Å². The lowest BCUT2D eigenvalue weighted by molar-refractivity contribution is 0.314. The number of nitrogens with one attached hydrogen (secondary N) is 1. The minimum atomic E-state index is -0.652. The third-order valence-electron chi connectivity index (χ3n) is 2.63. The van der Waals surface area contributed by atoms with Gasteiger partial charge in [-0.1, -0.05) is 0 Å². The van der Waals surface area contributed by atoms with E-state index < -0.39 is 11.6 Å². The summed E-state index contributed by atoms with van der Waals surface area (Å²) >= 11 is 1.96. The molecule has 2 heterocycles. The van der Waals surface area contributed by atoms with Crippen molar-refractivity contribution in [3.63, 3.8) is 0 Å². The van der Waals surface area contributed by atoms with E-state index in [2.05, 4.69) is 15.2 Å². The fraction of sp³-hybridized carbons (Fsp3) is 0.545. The van der Waals surface area contributed by atoms with E-state index in [0.29, 0.717) is 6.54 Å². The lowest BCUT2D eigenvalue weighted by Crippen LogP contribution is -2.36. The van der Waals surface area contributed by atoms with E-state index in [4.69, 9.17) is 0 Å². The molecular formula is C11H15F2N3S. The SMILES string of the molecule is Fc1cnc(NCCN2CCSCC2)c(F)c1. The van der Waals surface area contributed by atoms with Crippen LogP contribution in [0.15, 0.2) is 12.3 Å². The molecule has 0 atom stereocenters. The molecule has 17 heavy (non-hydrogen) atoms. The van der Waals surface area contributed by atoms with Gasteiger partial charge in [0.1, 0.15) is 5.82 Å². The third-order valence-corrected chi connectivity index (χ3v) is 3.57. The average Bonchev–Trinajstić information content (AvgIpc) is 2.33. The number of halogens is 2. The number of hydrogen-bond acceptors (Lipinski definition) is 4. The number of thioether (sulfide) groups is 1. The van der Waals surface area contributed by atoms with Gasteiger partial charge < -0.3 is 5.32 Å². The van der Waals surface area contributed by atoms with Gasteiger partial charge in [-0.3, -0.25) is 4.90 Å². The fourth-order valence-corrected chi connectivity index (χ4v) is 2.68. The maximum absolute atomic E-state index is 13.2. The standard InChI is InChI=1S/C11H15F2N3S/c12-9-7-10(13)11(15-8-9)14-1-2-16-3-5-17-6-4-16/h7-8H,1-6H2,(H,14,15). The normalized spacial score (nSPS) is 17.1. The molecule has 0 aliphatic carbocycles. The minimum absolute atomic E-state index is 0.123. The van der Waals surface area contributed by atoms with Gasteiger partial charge >= 0.3 is 0 Å². The van der Waals surface area contributed by atoms with Crippen molar-refractivity contribution >= 4 is 17.6 Å². The molecule has 1 saturated heterocycles. The smallest absolute Gasteiger partial charge is 0.168 e. The van der Waals surface area contributed by atoms with E-state index in [-0.39, 0.29) is 5.82 Å². The number of aromatic nitrogens is 1. The molecular weight excluding hydrogens is 244 g/mol. The summed E-state index contributed by atoms with van der Waals surface area (Å²) in [4.78, 5) is 6.00. The van der Waals surface area contributed by atoms with E-state index in [1.165, 1.54) is 0 Å². The summed E-state index contributed by atoms with van der Waals surface area (Å²) < 4.78 is 25.9. The summed E-state index contributed by atoms with van der Waals surface area (Å²) in [7, 11) is 0. The molecule has 3 nitrogen and oxygen atoms in total. The maximum Gasteiger partial charge on any atom is 0.168 e. The molecule has 0 aromatic carbocycles. The van der Waals surface area contributed by atoms with Crippen molar-refractivity contribution in [1.82, 2.24) is 9.88 Å². The molecule has 0 spiro atoms. The topological polar surface area (TPSA) is 28.2 Å². The van der Waals surface area contributed by atoms with Gasteiger partial charge in [0.2, 0.25) is 0 Å². The zero-order chi connectivity index (χ0) is 12.1. The van der Waals surface area contributed by atoms with Gasteiger partial charge in [0.25, 0.3) is 0 Å².